The smallest absolute Gasteiger partial charge is 0.251 e. The number of halogens is 2. The van der Waals surface area contributed by atoms with Gasteiger partial charge in [-0.1, -0.05) is 58.8 Å². The molecule has 0 amide bonds. The molecule has 3 unspecified atom stereocenters. The predicted octanol–water partition coefficient (Wildman–Crippen LogP) is 6.99. The van der Waals surface area contributed by atoms with Gasteiger partial charge in [0, 0.05) is 46.6 Å². The van der Waals surface area contributed by atoms with Crippen molar-refractivity contribution >= 4 is 34.5 Å². The van der Waals surface area contributed by atoms with Gasteiger partial charge in [-0.3, -0.25) is 9.79 Å². The van der Waals surface area contributed by atoms with Gasteiger partial charge in [0.05, 0.1) is 17.9 Å². The molecule has 40 heavy (non-hydrogen) atoms. The van der Waals surface area contributed by atoms with Gasteiger partial charge in [-0.25, -0.2) is 4.68 Å². The zero-order valence-electron chi connectivity index (χ0n) is 21.6. The number of benzene rings is 2. The molecule has 2 aliphatic heterocycles. The largest absolute Gasteiger partial charge is 0.303 e. The second kappa shape index (κ2) is 8.88. The van der Waals surface area contributed by atoms with Crippen molar-refractivity contribution in [2.24, 2.45) is 10.9 Å². The second-order valence-electron chi connectivity index (χ2n) is 11.3. The summed E-state index contributed by atoms with van der Waals surface area (Å²) in [6, 6.07) is 16.2. The van der Waals surface area contributed by atoms with E-state index in [1.54, 1.807) is 23.0 Å². The van der Waals surface area contributed by atoms with Crippen molar-refractivity contribution in [3.63, 3.8) is 0 Å². The van der Waals surface area contributed by atoms with Crippen LogP contribution in [0, 0.1) is 5.92 Å². The summed E-state index contributed by atoms with van der Waals surface area (Å²) in [6.07, 6.45) is 8.60. The Hall–Kier alpha value is -3.74. The van der Waals surface area contributed by atoms with E-state index >= 15 is 0 Å². The Balaban J connectivity index is 1.11. The number of nitrogens with zero attached hydrogens (tertiary/aromatic N) is 5. The van der Waals surface area contributed by atoms with E-state index in [-0.39, 0.29) is 11.6 Å². The molecule has 0 radical (unpaired) electrons. The molecular weight excluding hydrogens is 541 g/mol. The maximum absolute atomic E-state index is 13.7. The minimum atomic E-state index is -0.0163. The van der Waals surface area contributed by atoms with Crippen LogP contribution in [-0.2, 0) is 12.8 Å². The third kappa shape index (κ3) is 3.85. The third-order valence-electron chi connectivity index (χ3n) is 8.85. The van der Waals surface area contributed by atoms with Gasteiger partial charge in [0.15, 0.2) is 5.15 Å². The summed E-state index contributed by atoms with van der Waals surface area (Å²) in [4.78, 5) is 18.6. The molecular formula is C32H25Cl2N5O. The Morgan fingerprint density at radius 2 is 1.85 bits per heavy atom. The zero-order valence-corrected chi connectivity index (χ0v) is 23.2. The Kier molecular flexibility index (Phi) is 5.35. The van der Waals surface area contributed by atoms with Crippen molar-refractivity contribution in [1.82, 2.24) is 19.6 Å². The summed E-state index contributed by atoms with van der Waals surface area (Å²) in [5, 5.41) is 8.91. The first-order chi connectivity index (χ1) is 19.4. The number of aromatic nitrogens is 4. The minimum absolute atomic E-state index is 0.00389. The van der Waals surface area contributed by atoms with Crippen molar-refractivity contribution in [3.05, 3.63) is 116 Å². The van der Waals surface area contributed by atoms with Gasteiger partial charge in [0.25, 0.3) is 5.56 Å². The standard InChI is InChI=1S/C32H25Cl2N5O/c1-17-2-3-19-9-20(5-4-18(19)8-17)22-10-27(35-15-22)32-26-14-25(26)29-11-21(12-31(40)39(29)32)24-13-23(33)6-7-28(24)38-16-30(34)36-37-38/h4-7,9,11-13,15-16,25-26,32H,1-3,8,10,14H2. The van der Waals surface area contributed by atoms with Crippen LogP contribution in [0.15, 0.2) is 82.9 Å². The van der Waals surface area contributed by atoms with E-state index in [9.17, 15) is 4.79 Å². The lowest BCUT2D eigenvalue weighted by Crippen LogP contribution is -2.29. The molecule has 4 aliphatic rings. The number of hydrogen-bond donors (Lipinski definition) is 0. The number of pyridine rings is 1. The number of allylic oxidation sites excluding steroid dienone is 2. The van der Waals surface area contributed by atoms with Gasteiger partial charge in [0.1, 0.15) is 0 Å². The maximum atomic E-state index is 13.7. The lowest BCUT2D eigenvalue weighted by Gasteiger charge is -2.21. The van der Waals surface area contributed by atoms with E-state index in [0.717, 1.165) is 60.3 Å². The van der Waals surface area contributed by atoms with E-state index < -0.39 is 0 Å². The Morgan fingerprint density at radius 3 is 2.70 bits per heavy atom. The third-order valence-corrected chi connectivity index (χ3v) is 9.26. The molecule has 8 heteroatoms. The summed E-state index contributed by atoms with van der Waals surface area (Å²) >= 11 is 12.4. The Labute approximate surface area is 241 Å². The van der Waals surface area contributed by atoms with Gasteiger partial charge in [-0.2, -0.15) is 0 Å². The number of aliphatic imine (C=N–C) groups is 1. The van der Waals surface area contributed by atoms with Crippen LogP contribution in [-0.4, -0.2) is 25.3 Å². The summed E-state index contributed by atoms with van der Waals surface area (Å²) in [7, 11) is 0. The van der Waals surface area contributed by atoms with Crippen molar-refractivity contribution < 1.29 is 0 Å². The lowest BCUT2D eigenvalue weighted by molar-refractivity contribution is 0.584. The molecule has 8 rings (SSSR count). The highest BCUT2D eigenvalue weighted by atomic mass is 35.5. The lowest BCUT2D eigenvalue weighted by atomic mass is 9.86. The molecule has 2 aliphatic carbocycles. The van der Waals surface area contributed by atoms with Gasteiger partial charge in [-0.15, -0.1) is 5.10 Å². The van der Waals surface area contributed by atoms with Crippen LogP contribution < -0.4 is 5.56 Å². The molecule has 2 aromatic carbocycles. The first kappa shape index (κ1) is 24.1. The van der Waals surface area contributed by atoms with E-state index in [1.165, 1.54) is 27.8 Å². The molecule has 1 saturated carbocycles. The Morgan fingerprint density at radius 1 is 0.950 bits per heavy atom. The van der Waals surface area contributed by atoms with Gasteiger partial charge in [0.2, 0.25) is 0 Å². The van der Waals surface area contributed by atoms with E-state index in [0.29, 0.717) is 22.0 Å². The molecule has 1 fully saturated rings. The predicted molar refractivity (Wildman–Crippen MR) is 159 cm³/mol. The SMILES string of the molecule is C=C1CCc2cc(C3=CN=C(C4C5CC5c5cc(-c6cc(Cl)ccc6-n6cc(Cl)nn6)cc(=O)n54)C3)ccc2C1. The first-order valence-corrected chi connectivity index (χ1v) is 14.4. The minimum Gasteiger partial charge on any atom is -0.303 e. The van der Waals surface area contributed by atoms with Crippen LogP contribution in [0.1, 0.15) is 53.6 Å². The van der Waals surface area contributed by atoms with Crippen molar-refractivity contribution in [3.8, 4) is 16.8 Å². The van der Waals surface area contributed by atoms with E-state index in [2.05, 4.69) is 41.2 Å². The molecule has 198 valence electrons. The molecule has 3 atom stereocenters. The second-order valence-corrected chi connectivity index (χ2v) is 12.2. The molecule has 4 heterocycles. The molecule has 4 aromatic rings. The number of rotatable bonds is 4. The summed E-state index contributed by atoms with van der Waals surface area (Å²) in [6.45, 7) is 4.17. The summed E-state index contributed by atoms with van der Waals surface area (Å²) in [5.74, 6) is 0.779. The van der Waals surface area contributed by atoms with Crippen LogP contribution in [0.5, 0.6) is 0 Å². The normalized spacial score (nSPS) is 22.4. The summed E-state index contributed by atoms with van der Waals surface area (Å²) < 4.78 is 3.59. The highest BCUT2D eigenvalue weighted by Gasteiger charge is 2.54. The average Bonchev–Trinajstić information content (AvgIpc) is 3.23. The van der Waals surface area contributed by atoms with Gasteiger partial charge >= 0.3 is 0 Å². The fourth-order valence-electron chi connectivity index (χ4n) is 6.84. The first-order valence-electron chi connectivity index (χ1n) is 13.6. The van der Waals surface area contributed by atoms with Crippen molar-refractivity contribution in [2.45, 2.75) is 44.1 Å². The zero-order chi connectivity index (χ0) is 27.1. The van der Waals surface area contributed by atoms with Gasteiger partial charge in [-0.05, 0) is 83.7 Å². The summed E-state index contributed by atoms with van der Waals surface area (Å²) in [5.41, 5.74) is 11.1. The van der Waals surface area contributed by atoms with Crippen LogP contribution in [0.3, 0.4) is 0 Å². The fourth-order valence-corrected chi connectivity index (χ4v) is 7.13. The topological polar surface area (TPSA) is 65.1 Å². The quantitative estimate of drug-likeness (QED) is 0.250. The highest BCUT2D eigenvalue weighted by molar-refractivity contribution is 6.31. The van der Waals surface area contributed by atoms with Crippen LogP contribution in [0.25, 0.3) is 22.4 Å². The van der Waals surface area contributed by atoms with Crippen LogP contribution >= 0.6 is 23.2 Å². The van der Waals surface area contributed by atoms with Gasteiger partial charge < -0.3 is 4.57 Å². The molecule has 0 N–H and O–H groups in total. The average molecular weight is 566 g/mol. The number of hydrogen-bond acceptors (Lipinski definition) is 4. The highest BCUT2D eigenvalue weighted by Crippen LogP contribution is 2.60. The van der Waals surface area contributed by atoms with E-state index in [1.807, 2.05) is 22.9 Å². The fraction of sp³-hybridized carbons (Fsp3) is 0.250. The monoisotopic (exact) mass is 565 g/mol. The molecule has 0 saturated heterocycles. The molecule has 6 nitrogen and oxygen atoms in total. The Bertz CT molecular complexity index is 1880. The van der Waals surface area contributed by atoms with Crippen LogP contribution in [0.4, 0.5) is 0 Å². The van der Waals surface area contributed by atoms with E-state index in [4.69, 9.17) is 28.2 Å². The number of fused-ring (bicyclic) bond motifs is 4. The van der Waals surface area contributed by atoms with Crippen molar-refractivity contribution in [2.75, 3.05) is 0 Å². The number of aryl methyl sites for hydroxylation is 1. The maximum Gasteiger partial charge on any atom is 0.251 e. The molecule has 2 aromatic heterocycles. The van der Waals surface area contributed by atoms with Crippen molar-refractivity contribution in [1.29, 1.82) is 0 Å². The molecule has 0 bridgehead atoms. The van der Waals surface area contributed by atoms with Crippen LogP contribution in [0.2, 0.25) is 10.2 Å². The molecule has 0 spiro atoms.